The predicted octanol–water partition coefficient (Wildman–Crippen LogP) is 6.88. The highest BCUT2D eigenvalue weighted by molar-refractivity contribution is 6.29. The number of rotatable bonds is 9. The van der Waals surface area contributed by atoms with Crippen molar-refractivity contribution in [1.29, 1.82) is 0 Å². The number of halogens is 1. The average Bonchev–Trinajstić information content (AvgIpc) is 2.86. The van der Waals surface area contributed by atoms with Crippen molar-refractivity contribution in [2.75, 3.05) is 30.7 Å². The highest BCUT2D eigenvalue weighted by Gasteiger charge is 2.33. The summed E-state index contributed by atoms with van der Waals surface area (Å²) < 4.78 is 11.6. The van der Waals surface area contributed by atoms with Gasteiger partial charge in [0.25, 0.3) is 0 Å². The van der Waals surface area contributed by atoms with Gasteiger partial charge in [-0.3, -0.25) is 0 Å². The molecule has 0 aliphatic heterocycles. The minimum Gasteiger partial charge on any atom is -0.444 e. The predicted molar refractivity (Wildman–Crippen MR) is 163 cm³/mol. The van der Waals surface area contributed by atoms with Crippen LogP contribution in [0.2, 0.25) is 5.15 Å². The first-order valence-electron chi connectivity index (χ1n) is 15.2. The van der Waals surface area contributed by atoms with Crippen LogP contribution in [0.4, 0.5) is 21.4 Å². The molecule has 2 saturated carbocycles. The molecule has 2 aliphatic carbocycles. The van der Waals surface area contributed by atoms with Gasteiger partial charge in [0.15, 0.2) is 0 Å². The zero-order valence-corrected chi connectivity index (χ0v) is 26.6. The lowest BCUT2D eigenvalue weighted by atomic mass is 9.85. The normalized spacial score (nSPS) is 20.3. The average molecular weight is 595 g/mol. The number of hydrogen-bond donors (Lipinski definition) is 2. The molecule has 1 aromatic heterocycles. The molecule has 0 spiro atoms. The van der Waals surface area contributed by atoms with Gasteiger partial charge < -0.3 is 30.3 Å². The first kappa shape index (κ1) is 33.0. The minimum absolute atomic E-state index is 0.0869. The number of nitrogen functional groups attached to an aromatic ring is 1. The summed E-state index contributed by atoms with van der Waals surface area (Å²) in [5.41, 5.74) is 4.65. The minimum atomic E-state index is -0.583. The maximum atomic E-state index is 13.4. The summed E-state index contributed by atoms with van der Waals surface area (Å²) in [6, 6.07) is 1.80. The van der Waals surface area contributed by atoms with E-state index in [1.807, 2.05) is 51.3 Å². The lowest BCUT2D eigenvalue weighted by Crippen LogP contribution is -2.48. The Kier molecular flexibility index (Phi) is 11.8. The van der Waals surface area contributed by atoms with E-state index < -0.39 is 11.2 Å². The first-order chi connectivity index (χ1) is 19.2. The second-order valence-corrected chi connectivity index (χ2v) is 13.9. The number of nitrogens with one attached hydrogen (secondary N) is 1. The Morgan fingerprint density at radius 1 is 0.878 bits per heavy atom. The van der Waals surface area contributed by atoms with Gasteiger partial charge in [-0.2, -0.15) is 4.98 Å². The SMILES string of the molecule is CC(C)(C)OC(=O)N(CCCN(C(=O)OC(C)(C)C)C1CCC(CNc2nc(N)cc(Cl)n2)CC1)C1CCCCC1. The molecule has 10 nitrogen and oxygen atoms in total. The summed E-state index contributed by atoms with van der Waals surface area (Å²) in [5, 5.41) is 3.57. The van der Waals surface area contributed by atoms with Crippen LogP contribution in [0.5, 0.6) is 0 Å². The van der Waals surface area contributed by atoms with Gasteiger partial charge in [0, 0.05) is 37.8 Å². The topological polar surface area (TPSA) is 123 Å². The van der Waals surface area contributed by atoms with Crippen molar-refractivity contribution < 1.29 is 19.1 Å². The van der Waals surface area contributed by atoms with Crippen LogP contribution in [0.25, 0.3) is 0 Å². The van der Waals surface area contributed by atoms with Gasteiger partial charge in [0.2, 0.25) is 5.95 Å². The molecule has 0 radical (unpaired) electrons. The number of ether oxygens (including phenoxy) is 2. The number of amides is 2. The molecule has 0 aromatic carbocycles. The number of nitrogens with two attached hydrogens (primary N) is 1. The Balaban J connectivity index is 1.60. The van der Waals surface area contributed by atoms with Crippen molar-refractivity contribution in [3.05, 3.63) is 11.2 Å². The molecule has 0 bridgehead atoms. The van der Waals surface area contributed by atoms with Crippen LogP contribution in [-0.4, -0.2) is 74.9 Å². The fourth-order valence-electron chi connectivity index (χ4n) is 5.70. The third kappa shape index (κ3) is 11.4. The van der Waals surface area contributed by atoms with Crippen LogP contribution in [-0.2, 0) is 9.47 Å². The Morgan fingerprint density at radius 3 is 1.88 bits per heavy atom. The fraction of sp³-hybridized carbons (Fsp3) is 0.800. The molecule has 41 heavy (non-hydrogen) atoms. The number of anilines is 2. The van der Waals surface area contributed by atoms with Crippen molar-refractivity contribution in [2.45, 2.75) is 129 Å². The van der Waals surface area contributed by atoms with Gasteiger partial charge >= 0.3 is 12.2 Å². The van der Waals surface area contributed by atoms with Crippen LogP contribution in [0.3, 0.4) is 0 Å². The van der Waals surface area contributed by atoms with Gasteiger partial charge in [-0.15, -0.1) is 0 Å². The monoisotopic (exact) mass is 594 g/mol. The number of aromatic nitrogens is 2. The first-order valence-corrected chi connectivity index (χ1v) is 15.6. The van der Waals surface area contributed by atoms with E-state index in [0.29, 0.717) is 48.9 Å². The maximum absolute atomic E-state index is 13.4. The number of carbonyl (C=O) groups excluding carboxylic acids is 2. The molecule has 2 aliphatic rings. The lowest BCUT2D eigenvalue weighted by Gasteiger charge is -2.39. The number of nitrogens with zero attached hydrogens (tertiary/aromatic N) is 4. The summed E-state index contributed by atoms with van der Waals surface area (Å²) in [7, 11) is 0. The quantitative estimate of drug-likeness (QED) is 0.297. The zero-order chi connectivity index (χ0) is 30.2. The molecule has 2 fully saturated rings. The molecule has 1 aromatic rings. The molecule has 11 heteroatoms. The summed E-state index contributed by atoms with van der Waals surface area (Å²) in [4.78, 5) is 38.7. The highest BCUT2D eigenvalue weighted by Crippen LogP contribution is 2.30. The van der Waals surface area contributed by atoms with Gasteiger partial charge in [-0.25, -0.2) is 14.6 Å². The van der Waals surface area contributed by atoms with E-state index in [0.717, 1.165) is 51.4 Å². The number of carbonyl (C=O) groups is 2. The van der Waals surface area contributed by atoms with Crippen molar-refractivity contribution in [3.63, 3.8) is 0 Å². The molecule has 2 amide bonds. The second kappa shape index (κ2) is 14.6. The molecule has 3 rings (SSSR count). The summed E-state index contributed by atoms with van der Waals surface area (Å²) in [6.07, 6.45) is 9.26. The Bertz CT molecular complexity index is 977. The largest absolute Gasteiger partial charge is 0.444 e. The van der Waals surface area contributed by atoms with Crippen molar-refractivity contribution in [1.82, 2.24) is 19.8 Å². The third-order valence-electron chi connectivity index (χ3n) is 7.59. The molecule has 0 saturated heterocycles. The van der Waals surface area contributed by atoms with Crippen LogP contribution >= 0.6 is 11.6 Å². The highest BCUT2D eigenvalue weighted by atomic mass is 35.5. The second-order valence-electron chi connectivity index (χ2n) is 13.5. The standard InChI is InChI=1S/C30H51ClN6O4/c1-29(2,3)40-27(38)36(22-11-8-7-9-12-22)17-10-18-37(28(39)41-30(4,5)6)23-15-13-21(14-16-23)20-33-26-34-24(31)19-25(32)35-26/h19,21-23H,7-18,20H2,1-6H3,(H3,32,33,34,35). The van der Waals surface area contributed by atoms with Gasteiger partial charge in [-0.1, -0.05) is 30.9 Å². The summed E-state index contributed by atoms with van der Waals surface area (Å²) >= 11 is 6.00. The van der Waals surface area contributed by atoms with E-state index in [-0.39, 0.29) is 24.3 Å². The molecular weight excluding hydrogens is 544 g/mol. The van der Waals surface area contributed by atoms with Crippen LogP contribution in [0.1, 0.15) is 106 Å². The molecule has 3 N–H and O–H groups in total. The Hall–Kier alpha value is -2.49. The van der Waals surface area contributed by atoms with Crippen LogP contribution in [0, 0.1) is 5.92 Å². The van der Waals surface area contributed by atoms with E-state index in [1.54, 1.807) is 0 Å². The molecule has 0 atom stereocenters. The molecule has 232 valence electrons. The summed E-state index contributed by atoms with van der Waals surface area (Å²) in [5.74, 6) is 1.18. The Morgan fingerprint density at radius 2 is 1.39 bits per heavy atom. The van der Waals surface area contributed by atoms with E-state index in [9.17, 15) is 9.59 Å². The zero-order valence-electron chi connectivity index (χ0n) is 25.9. The van der Waals surface area contributed by atoms with E-state index in [4.69, 9.17) is 26.8 Å². The summed E-state index contributed by atoms with van der Waals surface area (Å²) in [6.45, 7) is 13.2. The van der Waals surface area contributed by atoms with Gasteiger partial charge in [0.1, 0.15) is 22.2 Å². The molecule has 1 heterocycles. The van der Waals surface area contributed by atoms with E-state index in [2.05, 4.69) is 15.3 Å². The van der Waals surface area contributed by atoms with E-state index >= 15 is 0 Å². The maximum Gasteiger partial charge on any atom is 0.410 e. The van der Waals surface area contributed by atoms with Gasteiger partial charge in [0.05, 0.1) is 0 Å². The van der Waals surface area contributed by atoms with E-state index in [1.165, 1.54) is 12.5 Å². The number of hydrogen-bond acceptors (Lipinski definition) is 8. The molecular formula is C30H51ClN6O4. The Labute approximate surface area is 251 Å². The van der Waals surface area contributed by atoms with Crippen LogP contribution < -0.4 is 11.1 Å². The van der Waals surface area contributed by atoms with Crippen molar-refractivity contribution in [3.8, 4) is 0 Å². The smallest absolute Gasteiger partial charge is 0.410 e. The van der Waals surface area contributed by atoms with Crippen LogP contribution in [0.15, 0.2) is 6.07 Å². The van der Waals surface area contributed by atoms with Gasteiger partial charge in [-0.05, 0) is 92.4 Å². The molecule has 0 unspecified atom stereocenters. The third-order valence-corrected chi connectivity index (χ3v) is 7.78. The van der Waals surface area contributed by atoms with Crippen molar-refractivity contribution in [2.24, 2.45) is 5.92 Å². The van der Waals surface area contributed by atoms with Crippen molar-refractivity contribution >= 4 is 35.6 Å². The lowest BCUT2D eigenvalue weighted by molar-refractivity contribution is 0.00471. The fourth-order valence-corrected chi connectivity index (χ4v) is 5.89.